The Morgan fingerprint density at radius 1 is 1.11 bits per heavy atom. The number of amides is 1. The fourth-order valence-corrected chi connectivity index (χ4v) is 4.19. The molecule has 27 heavy (non-hydrogen) atoms. The summed E-state index contributed by atoms with van der Waals surface area (Å²) < 4.78 is 33.9. The van der Waals surface area contributed by atoms with Gasteiger partial charge in [-0.15, -0.1) is 0 Å². The molecular weight excluding hydrogens is 366 g/mol. The lowest BCUT2D eigenvalue weighted by atomic mass is 10.0. The first-order valence-corrected chi connectivity index (χ1v) is 12.2. The Kier molecular flexibility index (Phi) is 6.86. The van der Waals surface area contributed by atoms with Gasteiger partial charge in [0.25, 0.3) is 0 Å². The summed E-state index contributed by atoms with van der Waals surface area (Å²) >= 11 is 0. The van der Waals surface area contributed by atoms with Gasteiger partial charge in [-0.2, -0.15) is 0 Å². The van der Waals surface area contributed by atoms with Gasteiger partial charge in [0.1, 0.15) is 17.7 Å². The maximum absolute atomic E-state index is 14.4. The van der Waals surface area contributed by atoms with Gasteiger partial charge in [-0.05, 0) is 29.4 Å². The number of hydrogen-bond acceptors (Lipinski definition) is 3. The van der Waals surface area contributed by atoms with Crippen LogP contribution in [0.3, 0.4) is 0 Å². The van der Waals surface area contributed by atoms with E-state index in [4.69, 9.17) is 4.74 Å². The number of nitrogens with one attached hydrogen (secondary N) is 2. The smallest absolute Gasteiger partial charge is 0.246 e. The summed E-state index contributed by atoms with van der Waals surface area (Å²) in [6.45, 7) is 6.29. The molecule has 146 valence electrons. The van der Waals surface area contributed by atoms with E-state index in [0.717, 1.165) is 17.2 Å². The van der Waals surface area contributed by atoms with Crippen LogP contribution in [0.25, 0.3) is 0 Å². The molecule has 0 aliphatic rings. The molecule has 0 saturated carbocycles. The molecule has 0 aromatic heterocycles. The van der Waals surface area contributed by atoms with Crippen molar-refractivity contribution in [2.24, 2.45) is 0 Å². The number of anilines is 1. The fraction of sp³-hybridized carbons (Fsp3) is 0.350. The quantitative estimate of drug-likeness (QED) is 0.709. The van der Waals surface area contributed by atoms with E-state index in [9.17, 15) is 13.6 Å². The summed E-state index contributed by atoms with van der Waals surface area (Å²) in [6, 6.07) is 8.90. The lowest BCUT2D eigenvalue weighted by Gasteiger charge is -2.20. The highest BCUT2D eigenvalue weighted by atomic mass is 28.3. The van der Waals surface area contributed by atoms with E-state index in [1.165, 1.54) is 6.07 Å². The highest BCUT2D eigenvalue weighted by Crippen LogP contribution is 2.21. The maximum Gasteiger partial charge on any atom is 0.246 e. The molecule has 2 aromatic carbocycles. The predicted molar refractivity (Wildman–Crippen MR) is 107 cm³/mol. The predicted octanol–water partition coefficient (Wildman–Crippen LogP) is 3.56. The maximum atomic E-state index is 14.4. The third-order valence-corrected chi connectivity index (χ3v) is 6.30. The molecule has 0 saturated heterocycles. The number of halogens is 2. The fourth-order valence-electron chi connectivity index (χ4n) is 2.84. The van der Waals surface area contributed by atoms with Gasteiger partial charge in [0.2, 0.25) is 5.91 Å². The molecule has 0 heterocycles. The van der Waals surface area contributed by atoms with Crippen molar-refractivity contribution in [3.8, 4) is 0 Å². The van der Waals surface area contributed by atoms with Gasteiger partial charge in [0.05, 0.1) is 20.4 Å². The van der Waals surface area contributed by atoms with Crippen molar-refractivity contribution in [2.45, 2.75) is 32.3 Å². The van der Waals surface area contributed by atoms with Crippen molar-refractivity contribution in [3.63, 3.8) is 0 Å². The van der Waals surface area contributed by atoms with Crippen LogP contribution in [0, 0.1) is 11.6 Å². The standard InChI is InChI=1S/C20H26F2N2O2Si/c1-23-19(14-8-6-13(7-9-14)12-26-2)20(25)24-17-10-16(22)18(11-15(17)21)27(3,4)5/h6-11,19,23H,12H2,1-5H3,(H,24,25). The number of hydrogen-bond donors (Lipinski definition) is 2. The van der Waals surface area contributed by atoms with Gasteiger partial charge in [0, 0.05) is 13.2 Å². The van der Waals surface area contributed by atoms with E-state index < -0.39 is 31.7 Å². The molecule has 0 fully saturated rings. The SMILES string of the molecule is CNC(C(=O)Nc1cc(F)c([Si](C)(C)C)cc1F)c1ccc(COC)cc1. The Balaban J connectivity index is 2.23. The molecule has 1 amide bonds. The number of rotatable bonds is 7. The van der Waals surface area contributed by atoms with E-state index in [0.29, 0.717) is 11.8 Å². The molecule has 7 heteroatoms. The number of carbonyl (C=O) groups excluding carboxylic acids is 1. The Hall–Kier alpha value is -2.09. The summed E-state index contributed by atoms with van der Waals surface area (Å²) in [5, 5.41) is 5.80. The Bertz CT molecular complexity index is 805. The zero-order chi connectivity index (χ0) is 20.2. The zero-order valence-corrected chi connectivity index (χ0v) is 17.3. The number of ether oxygens (including phenoxy) is 1. The molecule has 0 aliphatic carbocycles. The summed E-state index contributed by atoms with van der Waals surface area (Å²) in [5.74, 6) is -1.58. The molecule has 1 atom stereocenters. The van der Waals surface area contributed by atoms with E-state index in [2.05, 4.69) is 10.6 Å². The second-order valence-electron chi connectivity index (χ2n) is 7.45. The molecule has 0 radical (unpaired) electrons. The molecule has 0 aliphatic heterocycles. The van der Waals surface area contributed by atoms with E-state index in [-0.39, 0.29) is 5.69 Å². The van der Waals surface area contributed by atoms with Crippen LogP contribution < -0.4 is 15.8 Å². The van der Waals surface area contributed by atoms with Crippen molar-refractivity contribution in [2.75, 3.05) is 19.5 Å². The summed E-state index contributed by atoms with van der Waals surface area (Å²) in [4.78, 5) is 12.6. The largest absolute Gasteiger partial charge is 0.380 e. The molecule has 4 nitrogen and oxygen atoms in total. The Labute approximate surface area is 159 Å². The van der Waals surface area contributed by atoms with Gasteiger partial charge in [-0.25, -0.2) is 8.78 Å². The topological polar surface area (TPSA) is 50.4 Å². The van der Waals surface area contributed by atoms with E-state index >= 15 is 0 Å². The van der Waals surface area contributed by atoms with Crippen LogP contribution in [-0.4, -0.2) is 28.1 Å². The minimum atomic E-state index is -2.02. The van der Waals surface area contributed by atoms with Gasteiger partial charge >= 0.3 is 0 Å². The normalized spacial score (nSPS) is 12.7. The van der Waals surface area contributed by atoms with Gasteiger partial charge in [-0.3, -0.25) is 4.79 Å². The number of benzene rings is 2. The Morgan fingerprint density at radius 3 is 2.26 bits per heavy atom. The van der Waals surface area contributed by atoms with Gasteiger partial charge in [-0.1, -0.05) is 43.9 Å². The van der Waals surface area contributed by atoms with Crippen molar-refractivity contribution in [3.05, 3.63) is 59.2 Å². The zero-order valence-electron chi connectivity index (χ0n) is 16.3. The van der Waals surface area contributed by atoms with Crippen molar-refractivity contribution >= 4 is 24.9 Å². The number of likely N-dealkylation sites (N-methyl/N-ethyl adjacent to an activating group) is 1. The molecule has 2 N–H and O–H groups in total. The van der Waals surface area contributed by atoms with Gasteiger partial charge in [0.15, 0.2) is 0 Å². The monoisotopic (exact) mass is 392 g/mol. The molecule has 2 rings (SSSR count). The average molecular weight is 393 g/mol. The van der Waals surface area contributed by atoms with Crippen LogP contribution in [-0.2, 0) is 16.1 Å². The van der Waals surface area contributed by atoms with Crippen LogP contribution in [0.2, 0.25) is 19.6 Å². The lowest BCUT2D eigenvalue weighted by molar-refractivity contribution is -0.118. The first-order chi connectivity index (χ1) is 12.7. The Morgan fingerprint density at radius 2 is 1.74 bits per heavy atom. The van der Waals surface area contributed by atoms with Gasteiger partial charge < -0.3 is 15.4 Å². The first kappa shape index (κ1) is 21.2. The lowest BCUT2D eigenvalue weighted by Crippen LogP contribution is -2.40. The minimum absolute atomic E-state index is 0.157. The molecular formula is C20H26F2N2O2Si. The molecule has 2 aromatic rings. The average Bonchev–Trinajstić information content (AvgIpc) is 2.59. The van der Waals surface area contributed by atoms with E-state index in [1.807, 2.05) is 31.8 Å². The molecule has 0 bridgehead atoms. The highest BCUT2D eigenvalue weighted by molar-refractivity contribution is 6.88. The third-order valence-electron chi connectivity index (χ3n) is 4.30. The molecule has 1 unspecified atom stereocenters. The van der Waals surface area contributed by atoms with Crippen LogP contribution in [0.1, 0.15) is 17.2 Å². The molecule has 0 spiro atoms. The minimum Gasteiger partial charge on any atom is -0.380 e. The van der Waals surface area contributed by atoms with Crippen LogP contribution in [0.4, 0.5) is 14.5 Å². The summed E-state index contributed by atoms with van der Waals surface area (Å²) in [5.41, 5.74) is 1.54. The number of methoxy groups -OCH3 is 1. The highest BCUT2D eigenvalue weighted by Gasteiger charge is 2.25. The second kappa shape index (κ2) is 8.73. The third kappa shape index (κ3) is 5.21. The summed E-state index contributed by atoms with van der Waals surface area (Å²) in [7, 11) is 1.23. The van der Waals surface area contributed by atoms with Crippen LogP contribution in [0.15, 0.2) is 36.4 Å². The van der Waals surface area contributed by atoms with Crippen molar-refractivity contribution in [1.82, 2.24) is 5.32 Å². The van der Waals surface area contributed by atoms with Crippen LogP contribution in [0.5, 0.6) is 0 Å². The van der Waals surface area contributed by atoms with Crippen molar-refractivity contribution in [1.29, 1.82) is 0 Å². The van der Waals surface area contributed by atoms with E-state index in [1.54, 1.807) is 26.3 Å². The summed E-state index contributed by atoms with van der Waals surface area (Å²) in [6.07, 6.45) is 0. The van der Waals surface area contributed by atoms with Crippen LogP contribution >= 0.6 is 0 Å². The first-order valence-electron chi connectivity index (χ1n) is 8.72. The van der Waals surface area contributed by atoms with Crippen molar-refractivity contribution < 1.29 is 18.3 Å². The number of carbonyl (C=O) groups is 1. The second-order valence-corrected chi connectivity index (χ2v) is 12.5.